The van der Waals surface area contributed by atoms with Crippen LogP contribution >= 0.6 is 0 Å². The highest BCUT2D eigenvalue weighted by molar-refractivity contribution is 6.15. The number of nitrogens with one attached hydrogen (secondary N) is 1. The lowest BCUT2D eigenvalue weighted by molar-refractivity contribution is 0.0587. The highest BCUT2D eigenvalue weighted by atomic mass is 16.5. The Morgan fingerprint density at radius 2 is 1.54 bits per heavy atom. The third-order valence-corrected chi connectivity index (χ3v) is 5.71. The van der Waals surface area contributed by atoms with Crippen LogP contribution in [0.25, 0.3) is 22.2 Å². The van der Waals surface area contributed by atoms with Gasteiger partial charge in [-0.3, -0.25) is 4.79 Å². The summed E-state index contributed by atoms with van der Waals surface area (Å²) in [6.07, 6.45) is 0. The molecule has 1 N–H and O–H groups in total. The van der Waals surface area contributed by atoms with Crippen LogP contribution in [0.15, 0.2) is 66.7 Å². The van der Waals surface area contributed by atoms with E-state index in [1.807, 2.05) is 50.2 Å². The quantitative estimate of drug-likeness (QED) is 0.397. The summed E-state index contributed by atoms with van der Waals surface area (Å²) < 4.78 is 9.62. The van der Waals surface area contributed by atoms with Gasteiger partial charge >= 0.3 is 11.9 Å². The van der Waals surface area contributed by atoms with Gasteiger partial charge in [0, 0.05) is 10.9 Å². The minimum Gasteiger partial charge on any atom is -0.465 e. The van der Waals surface area contributed by atoms with E-state index in [4.69, 9.17) is 14.5 Å². The molecule has 0 aliphatic carbocycles. The Bertz CT molecular complexity index is 1480. The molecule has 0 atom stereocenters. The molecule has 35 heavy (non-hydrogen) atoms. The molecule has 0 radical (unpaired) electrons. The topological polar surface area (TPSA) is 94.6 Å². The Morgan fingerprint density at radius 1 is 0.800 bits per heavy atom. The predicted octanol–water partition coefficient (Wildman–Crippen LogP) is 5.34. The molecule has 7 heteroatoms. The minimum atomic E-state index is -0.646. The maximum absolute atomic E-state index is 13.6. The molecule has 7 nitrogen and oxygen atoms in total. The molecular weight excluding hydrogens is 444 g/mol. The smallest absolute Gasteiger partial charge is 0.339 e. The van der Waals surface area contributed by atoms with Gasteiger partial charge in [-0.1, -0.05) is 42.0 Å². The number of carbonyl (C=O) groups is 3. The summed E-state index contributed by atoms with van der Waals surface area (Å²) in [5, 5.41) is 3.44. The molecule has 0 aliphatic rings. The Labute approximate surface area is 202 Å². The molecule has 1 aromatic heterocycles. The van der Waals surface area contributed by atoms with E-state index < -0.39 is 17.8 Å². The fourth-order valence-corrected chi connectivity index (χ4v) is 3.97. The maximum atomic E-state index is 13.6. The first-order chi connectivity index (χ1) is 16.8. The summed E-state index contributed by atoms with van der Waals surface area (Å²) in [5.41, 5.74) is 5.22. The molecule has 0 unspecified atom stereocenters. The molecule has 0 aliphatic heterocycles. The molecule has 176 valence electrons. The maximum Gasteiger partial charge on any atom is 0.339 e. The second-order valence-corrected chi connectivity index (χ2v) is 8.09. The van der Waals surface area contributed by atoms with Crippen molar-refractivity contribution in [2.45, 2.75) is 13.8 Å². The van der Waals surface area contributed by atoms with E-state index in [2.05, 4.69) is 11.4 Å². The number of hydrogen-bond acceptors (Lipinski definition) is 6. The van der Waals surface area contributed by atoms with Crippen LogP contribution in [-0.2, 0) is 9.47 Å². The largest absolute Gasteiger partial charge is 0.465 e. The number of methoxy groups -OCH3 is 2. The highest BCUT2D eigenvalue weighted by Gasteiger charge is 2.20. The van der Waals surface area contributed by atoms with Crippen molar-refractivity contribution in [2.75, 3.05) is 19.5 Å². The van der Waals surface area contributed by atoms with Gasteiger partial charge in [-0.2, -0.15) is 0 Å². The van der Waals surface area contributed by atoms with Gasteiger partial charge in [0.05, 0.1) is 47.8 Å². The van der Waals surface area contributed by atoms with Crippen LogP contribution in [0.3, 0.4) is 0 Å². The average molecular weight is 469 g/mol. The molecule has 0 saturated heterocycles. The van der Waals surface area contributed by atoms with Crippen LogP contribution in [0.5, 0.6) is 0 Å². The van der Waals surface area contributed by atoms with Crippen molar-refractivity contribution in [2.24, 2.45) is 0 Å². The van der Waals surface area contributed by atoms with Crippen molar-refractivity contribution < 1.29 is 23.9 Å². The van der Waals surface area contributed by atoms with Gasteiger partial charge in [-0.25, -0.2) is 14.6 Å². The second-order valence-electron chi connectivity index (χ2n) is 8.09. The Morgan fingerprint density at radius 3 is 2.26 bits per heavy atom. The van der Waals surface area contributed by atoms with Crippen molar-refractivity contribution in [3.8, 4) is 11.3 Å². The van der Waals surface area contributed by atoms with E-state index in [1.54, 1.807) is 6.07 Å². The monoisotopic (exact) mass is 468 g/mol. The summed E-state index contributed by atoms with van der Waals surface area (Å²) in [7, 11) is 2.50. The van der Waals surface area contributed by atoms with Gasteiger partial charge in [0.25, 0.3) is 5.91 Å². The molecule has 4 aromatic rings. The number of aromatic nitrogens is 1. The molecule has 0 bridgehead atoms. The van der Waals surface area contributed by atoms with Crippen molar-refractivity contribution in [1.29, 1.82) is 0 Å². The number of esters is 2. The zero-order chi connectivity index (χ0) is 25.1. The molecule has 3 aromatic carbocycles. The van der Waals surface area contributed by atoms with Crippen molar-refractivity contribution >= 4 is 34.4 Å². The van der Waals surface area contributed by atoms with Gasteiger partial charge in [-0.05, 0) is 49.7 Å². The average Bonchev–Trinajstić information content (AvgIpc) is 2.87. The van der Waals surface area contributed by atoms with Gasteiger partial charge < -0.3 is 14.8 Å². The molecule has 0 fully saturated rings. The zero-order valence-corrected chi connectivity index (χ0v) is 19.8. The Balaban J connectivity index is 1.83. The number of carbonyl (C=O) groups excluding carboxylic acids is 3. The molecule has 1 heterocycles. The van der Waals surface area contributed by atoms with Crippen molar-refractivity contribution in [3.63, 3.8) is 0 Å². The van der Waals surface area contributed by atoms with Gasteiger partial charge in [0.1, 0.15) is 0 Å². The van der Waals surface area contributed by atoms with Crippen LogP contribution in [0.1, 0.15) is 42.2 Å². The van der Waals surface area contributed by atoms with E-state index in [1.165, 1.54) is 32.4 Å². The number of benzene rings is 3. The lowest BCUT2D eigenvalue weighted by Crippen LogP contribution is -2.17. The molecule has 4 rings (SSSR count). The fourth-order valence-electron chi connectivity index (χ4n) is 3.97. The number of nitrogens with zero attached hydrogens (tertiary/aromatic N) is 1. The zero-order valence-electron chi connectivity index (χ0n) is 19.8. The number of ether oxygens (including phenoxy) is 2. The number of aryl methyl sites for hydroxylation is 2. The first-order valence-electron chi connectivity index (χ1n) is 10.9. The van der Waals surface area contributed by atoms with E-state index >= 15 is 0 Å². The minimum absolute atomic E-state index is 0.112. The number of rotatable bonds is 5. The number of anilines is 1. The van der Waals surface area contributed by atoms with Crippen LogP contribution in [0, 0.1) is 13.8 Å². The predicted molar refractivity (Wildman–Crippen MR) is 134 cm³/mol. The highest BCUT2D eigenvalue weighted by Crippen LogP contribution is 2.29. The van der Waals surface area contributed by atoms with Gasteiger partial charge in [0.15, 0.2) is 0 Å². The van der Waals surface area contributed by atoms with Crippen LogP contribution < -0.4 is 5.32 Å². The van der Waals surface area contributed by atoms with E-state index in [0.717, 1.165) is 16.7 Å². The Hall–Kier alpha value is -4.52. The molecular formula is C28H24N2O5. The summed E-state index contributed by atoms with van der Waals surface area (Å²) in [6.45, 7) is 4.02. The summed E-state index contributed by atoms with van der Waals surface area (Å²) in [6, 6.07) is 19.4. The van der Waals surface area contributed by atoms with Crippen LogP contribution in [-0.4, -0.2) is 37.0 Å². The first kappa shape index (κ1) is 23.6. The van der Waals surface area contributed by atoms with Crippen LogP contribution in [0.2, 0.25) is 0 Å². The van der Waals surface area contributed by atoms with Gasteiger partial charge in [-0.15, -0.1) is 0 Å². The number of fused-ring (bicyclic) bond motifs is 1. The van der Waals surface area contributed by atoms with E-state index in [9.17, 15) is 14.4 Å². The first-order valence-corrected chi connectivity index (χ1v) is 10.9. The summed E-state index contributed by atoms with van der Waals surface area (Å²) in [4.78, 5) is 42.7. The molecule has 1 amide bonds. The number of amides is 1. The van der Waals surface area contributed by atoms with Gasteiger partial charge in [0.2, 0.25) is 0 Å². The summed E-state index contributed by atoms with van der Waals surface area (Å²) in [5.74, 6) is -1.70. The second kappa shape index (κ2) is 9.77. The summed E-state index contributed by atoms with van der Waals surface area (Å²) >= 11 is 0. The number of pyridine rings is 1. The molecule has 0 spiro atoms. The van der Waals surface area contributed by atoms with E-state index in [0.29, 0.717) is 22.2 Å². The van der Waals surface area contributed by atoms with Crippen molar-refractivity contribution in [1.82, 2.24) is 4.98 Å². The van der Waals surface area contributed by atoms with E-state index in [-0.39, 0.29) is 16.8 Å². The lowest BCUT2D eigenvalue weighted by atomic mass is 9.99. The fraction of sp³-hybridized carbons (Fsp3) is 0.143. The van der Waals surface area contributed by atoms with Crippen LogP contribution in [0.4, 0.5) is 5.69 Å². The number of hydrogen-bond donors (Lipinski definition) is 1. The third-order valence-electron chi connectivity index (χ3n) is 5.71. The normalized spacial score (nSPS) is 10.6. The molecule has 0 saturated carbocycles. The lowest BCUT2D eigenvalue weighted by Gasteiger charge is -2.14. The standard InChI is InChI=1S/C28H24N2O5/c1-16-9-11-19(17(2)13-16)25-15-22(20-7-5-6-8-23(20)29-25)26(31)30-24-14-18(27(32)34-3)10-12-21(24)28(33)35-4/h5-15H,1-4H3,(H,30,31). The third kappa shape index (κ3) is 4.75. The SMILES string of the molecule is COC(=O)c1ccc(C(=O)OC)c(NC(=O)c2cc(-c3ccc(C)cc3C)nc3ccccc23)c1. The Kier molecular flexibility index (Phi) is 6.59. The number of para-hydroxylation sites is 1. The van der Waals surface area contributed by atoms with Crippen molar-refractivity contribution in [3.05, 3.63) is 94.5 Å².